The molecule has 1 aliphatic carbocycles. The Kier molecular flexibility index (Phi) is 3.55. The van der Waals surface area contributed by atoms with Crippen LogP contribution in [0.3, 0.4) is 0 Å². The van der Waals surface area contributed by atoms with Crippen molar-refractivity contribution in [3.8, 4) is 0 Å². The van der Waals surface area contributed by atoms with Crippen LogP contribution in [0.25, 0.3) is 0 Å². The van der Waals surface area contributed by atoms with Crippen LogP contribution < -0.4 is 0 Å². The number of amides is 1. The first kappa shape index (κ1) is 13.5. The monoisotopic (exact) mass is 262 g/mol. The molecule has 1 N–H and O–H groups in total. The molecule has 102 valence electrons. The molecule has 0 bridgehead atoms. The predicted octanol–water partition coefficient (Wildman–Crippen LogP) is 1.78. The second kappa shape index (κ2) is 4.99. The molecule has 19 heavy (non-hydrogen) atoms. The van der Waals surface area contributed by atoms with E-state index >= 15 is 0 Å². The summed E-state index contributed by atoms with van der Waals surface area (Å²) in [5.74, 6) is -1.21. The van der Waals surface area contributed by atoms with E-state index in [1.165, 1.54) is 4.90 Å². The van der Waals surface area contributed by atoms with Gasteiger partial charge in [0, 0.05) is 11.7 Å². The number of aromatic nitrogens is 1. The van der Waals surface area contributed by atoms with Gasteiger partial charge in [0.05, 0.1) is 11.3 Å². The Bertz CT molecular complexity index is 523. The highest BCUT2D eigenvalue weighted by atomic mass is 16.4. The fourth-order valence-electron chi connectivity index (χ4n) is 2.18. The fourth-order valence-corrected chi connectivity index (χ4v) is 2.18. The van der Waals surface area contributed by atoms with Gasteiger partial charge in [0.15, 0.2) is 0 Å². The van der Waals surface area contributed by atoms with Crippen molar-refractivity contribution in [2.45, 2.75) is 45.7 Å². The summed E-state index contributed by atoms with van der Waals surface area (Å²) in [4.78, 5) is 29.4. The summed E-state index contributed by atoms with van der Waals surface area (Å²) in [7, 11) is 0. The van der Waals surface area contributed by atoms with Crippen molar-refractivity contribution in [1.29, 1.82) is 0 Å². The number of hydrogen-bond acceptors (Lipinski definition) is 3. The minimum atomic E-state index is -0.974. The predicted molar refractivity (Wildman–Crippen MR) is 70.0 cm³/mol. The van der Waals surface area contributed by atoms with Gasteiger partial charge >= 0.3 is 5.97 Å². The molecule has 1 atom stereocenters. The van der Waals surface area contributed by atoms with Gasteiger partial charge in [0.2, 0.25) is 0 Å². The van der Waals surface area contributed by atoms with E-state index in [9.17, 15) is 9.59 Å². The summed E-state index contributed by atoms with van der Waals surface area (Å²) in [6, 6.07) is 2.75. The Morgan fingerprint density at radius 1 is 1.37 bits per heavy atom. The summed E-state index contributed by atoms with van der Waals surface area (Å²) in [6.45, 7) is 5.19. The van der Waals surface area contributed by atoms with Crippen molar-refractivity contribution in [2.75, 3.05) is 0 Å². The molecule has 1 amide bonds. The Morgan fingerprint density at radius 3 is 2.47 bits per heavy atom. The van der Waals surface area contributed by atoms with Gasteiger partial charge in [-0.2, -0.15) is 0 Å². The molecule has 1 aromatic rings. The van der Waals surface area contributed by atoms with Gasteiger partial charge in [-0.05, 0) is 45.7 Å². The smallest absolute Gasteiger partial charge is 0.326 e. The van der Waals surface area contributed by atoms with E-state index < -0.39 is 12.0 Å². The number of carbonyl (C=O) groups excluding carboxylic acids is 1. The number of aryl methyl sites for hydroxylation is 2. The van der Waals surface area contributed by atoms with E-state index in [1.807, 2.05) is 6.92 Å². The van der Waals surface area contributed by atoms with Crippen molar-refractivity contribution in [3.63, 3.8) is 0 Å². The molecule has 0 spiro atoms. The highest BCUT2D eigenvalue weighted by Gasteiger charge is 2.39. The van der Waals surface area contributed by atoms with Crippen molar-refractivity contribution in [1.82, 2.24) is 9.88 Å². The van der Waals surface area contributed by atoms with Crippen LogP contribution in [0.5, 0.6) is 0 Å². The Balaban J connectivity index is 2.31. The van der Waals surface area contributed by atoms with Gasteiger partial charge in [-0.3, -0.25) is 9.78 Å². The maximum Gasteiger partial charge on any atom is 0.326 e. The average molecular weight is 262 g/mol. The highest BCUT2D eigenvalue weighted by molar-refractivity contribution is 5.97. The number of pyridine rings is 1. The van der Waals surface area contributed by atoms with Crippen LogP contribution >= 0.6 is 0 Å². The highest BCUT2D eigenvalue weighted by Crippen LogP contribution is 2.30. The van der Waals surface area contributed by atoms with Crippen molar-refractivity contribution < 1.29 is 14.7 Å². The molecule has 1 saturated carbocycles. The van der Waals surface area contributed by atoms with E-state index in [4.69, 9.17) is 5.11 Å². The van der Waals surface area contributed by atoms with Crippen LogP contribution in [-0.2, 0) is 4.79 Å². The second-order valence-corrected chi connectivity index (χ2v) is 5.04. The van der Waals surface area contributed by atoms with Crippen LogP contribution in [0, 0.1) is 13.8 Å². The first-order valence-electron chi connectivity index (χ1n) is 6.41. The van der Waals surface area contributed by atoms with Crippen molar-refractivity contribution in [2.24, 2.45) is 0 Å². The fraction of sp³-hybridized carbons (Fsp3) is 0.500. The third kappa shape index (κ3) is 2.75. The average Bonchev–Trinajstić information content (AvgIpc) is 3.13. The topological polar surface area (TPSA) is 70.5 Å². The molecule has 0 aliphatic heterocycles. The SMILES string of the molecule is Cc1ccc(C(=O)N(C2CC2)C(C)C(=O)O)c(C)n1. The van der Waals surface area contributed by atoms with E-state index in [0.29, 0.717) is 11.3 Å². The van der Waals surface area contributed by atoms with Crippen LogP contribution in [0.1, 0.15) is 41.5 Å². The standard InChI is InChI=1S/C14H18N2O3/c1-8-4-7-12(9(2)15-8)13(17)16(11-5-6-11)10(3)14(18)19/h4,7,10-11H,5-6H2,1-3H3,(H,18,19). The molecule has 0 saturated heterocycles. The molecule has 0 radical (unpaired) electrons. The molecule has 2 rings (SSSR count). The molecule has 1 aromatic heterocycles. The van der Waals surface area contributed by atoms with Crippen molar-refractivity contribution >= 4 is 11.9 Å². The summed E-state index contributed by atoms with van der Waals surface area (Å²) in [5.41, 5.74) is 1.98. The molecule has 1 heterocycles. The molecule has 1 aliphatic rings. The Morgan fingerprint density at radius 2 is 2.00 bits per heavy atom. The maximum absolute atomic E-state index is 12.5. The number of rotatable bonds is 4. The third-order valence-corrected chi connectivity index (χ3v) is 3.40. The van der Waals surface area contributed by atoms with Crippen LogP contribution in [-0.4, -0.2) is 39.0 Å². The lowest BCUT2D eigenvalue weighted by molar-refractivity contribution is -0.141. The second-order valence-electron chi connectivity index (χ2n) is 5.04. The number of nitrogens with zero attached hydrogens (tertiary/aromatic N) is 2. The zero-order chi connectivity index (χ0) is 14.2. The van der Waals surface area contributed by atoms with Gasteiger partial charge in [-0.15, -0.1) is 0 Å². The van der Waals surface area contributed by atoms with E-state index in [0.717, 1.165) is 18.5 Å². The summed E-state index contributed by atoms with van der Waals surface area (Å²) < 4.78 is 0. The van der Waals surface area contributed by atoms with E-state index in [1.54, 1.807) is 26.0 Å². The van der Waals surface area contributed by atoms with Gasteiger partial charge < -0.3 is 10.0 Å². The zero-order valence-electron chi connectivity index (χ0n) is 11.4. The molecule has 1 unspecified atom stereocenters. The zero-order valence-corrected chi connectivity index (χ0v) is 11.4. The van der Waals surface area contributed by atoms with E-state index in [2.05, 4.69) is 4.98 Å². The third-order valence-electron chi connectivity index (χ3n) is 3.40. The molecule has 1 fully saturated rings. The van der Waals surface area contributed by atoms with Gasteiger partial charge in [0.25, 0.3) is 5.91 Å². The van der Waals surface area contributed by atoms with Crippen LogP contribution in [0.2, 0.25) is 0 Å². The first-order chi connectivity index (χ1) is 8.91. The Labute approximate surface area is 112 Å². The van der Waals surface area contributed by atoms with Gasteiger partial charge in [0.1, 0.15) is 6.04 Å². The number of hydrogen-bond donors (Lipinski definition) is 1. The molecule has 0 aromatic carbocycles. The summed E-state index contributed by atoms with van der Waals surface area (Å²) >= 11 is 0. The number of carboxylic acid groups (broad SMARTS) is 1. The maximum atomic E-state index is 12.5. The normalized spacial score (nSPS) is 15.9. The number of carbonyl (C=O) groups is 2. The number of aliphatic carboxylic acids is 1. The van der Waals surface area contributed by atoms with Gasteiger partial charge in [-0.25, -0.2) is 4.79 Å². The first-order valence-corrected chi connectivity index (χ1v) is 6.41. The van der Waals surface area contributed by atoms with Crippen LogP contribution in [0.4, 0.5) is 0 Å². The molecular weight excluding hydrogens is 244 g/mol. The molecular formula is C14H18N2O3. The minimum Gasteiger partial charge on any atom is -0.480 e. The lowest BCUT2D eigenvalue weighted by atomic mass is 10.1. The van der Waals surface area contributed by atoms with Gasteiger partial charge in [-0.1, -0.05) is 0 Å². The summed E-state index contributed by atoms with van der Waals surface area (Å²) in [5, 5.41) is 9.13. The van der Waals surface area contributed by atoms with E-state index in [-0.39, 0.29) is 11.9 Å². The largest absolute Gasteiger partial charge is 0.480 e. The Hall–Kier alpha value is -1.91. The molecule has 5 heteroatoms. The summed E-state index contributed by atoms with van der Waals surface area (Å²) in [6.07, 6.45) is 1.75. The number of carboxylic acids is 1. The minimum absolute atomic E-state index is 0.0549. The van der Waals surface area contributed by atoms with Crippen LogP contribution in [0.15, 0.2) is 12.1 Å². The quantitative estimate of drug-likeness (QED) is 0.897. The van der Waals surface area contributed by atoms with Crippen molar-refractivity contribution in [3.05, 3.63) is 29.1 Å². The molecule has 5 nitrogen and oxygen atoms in total. The lowest BCUT2D eigenvalue weighted by Crippen LogP contribution is -2.45. The lowest BCUT2D eigenvalue weighted by Gasteiger charge is -2.27.